The Morgan fingerprint density at radius 1 is 1.60 bits per heavy atom. The number of phenols is 1. The lowest BCUT2D eigenvalue weighted by molar-refractivity contribution is 0.172. The van der Waals surface area contributed by atoms with Gasteiger partial charge in [-0.25, -0.2) is 4.39 Å². The van der Waals surface area contributed by atoms with Gasteiger partial charge in [-0.05, 0) is 25.6 Å². The van der Waals surface area contributed by atoms with Gasteiger partial charge in [0.1, 0.15) is 11.6 Å². The highest BCUT2D eigenvalue weighted by molar-refractivity contribution is 6.32. The molecule has 1 atom stereocenters. The average molecular weight is 234 g/mol. The van der Waals surface area contributed by atoms with E-state index in [1.54, 1.807) is 7.05 Å². The van der Waals surface area contributed by atoms with Crippen molar-refractivity contribution < 1.29 is 14.6 Å². The van der Waals surface area contributed by atoms with Gasteiger partial charge in [-0.15, -0.1) is 0 Å². The van der Waals surface area contributed by atoms with E-state index in [-0.39, 0.29) is 28.4 Å². The first-order valence-corrected chi connectivity index (χ1v) is 4.87. The largest absolute Gasteiger partial charge is 0.506 e. The zero-order valence-corrected chi connectivity index (χ0v) is 9.27. The van der Waals surface area contributed by atoms with Crippen LogP contribution in [0.25, 0.3) is 0 Å². The van der Waals surface area contributed by atoms with Crippen molar-refractivity contribution >= 4 is 11.6 Å². The molecule has 0 radical (unpaired) electrons. The fourth-order valence-electron chi connectivity index (χ4n) is 1.43. The number of aliphatic hydroxyl groups excluding tert-OH is 1. The summed E-state index contributed by atoms with van der Waals surface area (Å²) in [5, 5.41) is 21.9. The molecule has 0 aliphatic rings. The van der Waals surface area contributed by atoms with Gasteiger partial charge >= 0.3 is 0 Å². The number of hydrogen-bond donors (Lipinski definition) is 3. The molecule has 84 valence electrons. The fraction of sp³-hybridized carbons (Fsp3) is 0.400. The van der Waals surface area contributed by atoms with Crippen molar-refractivity contribution in [2.24, 2.45) is 0 Å². The molecule has 3 nitrogen and oxygen atoms in total. The van der Waals surface area contributed by atoms with E-state index in [0.717, 1.165) is 6.07 Å². The number of aromatic hydroxyl groups is 1. The lowest BCUT2D eigenvalue weighted by Gasteiger charge is -2.16. The van der Waals surface area contributed by atoms with E-state index >= 15 is 0 Å². The van der Waals surface area contributed by atoms with Crippen LogP contribution in [-0.2, 0) is 0 Å². The Bertz CT molecular complexity index is 345. The van der Waals surface area contributed by atoms with E-state index in [1.165, 1.54) is 6.92 Å². The quantitative estimate of drug-likeness (QED) is 0.746. The second-order valence-corrected chi connectivity index (χ2v) is 3.71. The van der Waals surface area contributed by atoms with Gasteiger partial charge in [0.05, 0.1) is 11.1 Å². The lowest BCUT2D eigenvalue weighted by atomic mass is 10.0. The van der Waals surface area contributed by atoms with E-state index in [4.69, 9.17) is 11.6 Å². The maximum Gasteiger partial charge on any atom is 0.140 e. The Labute approximate surface area is 92.5 Å². The molecule has 1 unspecified atom stereocenters. The molecule has 0 spiro atoms. The van der Waals surface area contributed by atoms with Crippen LogP contribution in [-0.4, -0.2) is 23.8 Å². The van der Waals surface area contributed by atoms with Crippen LogP contribution in [0.5, 0.6) is 5.75 Å². The summed E-state index contributed by atoms with van der Waals surface area (Å²) in [5.74, 6) is -0.804. The van der Waals surface area contributed by atoms with Gasteiger partial charge in [0.2, 0.25) is 0 Å². The smallest absolute Gasteiger partial charge is 0.140 e. The monoisotopic (exact) mass is 233 g/mol. The first kappa shape index (κ1) is 12.2. The lowest BCUT2D eigenvalue weighted by Crippen LogP contribution is -2.18. The molecule has 0 bridgehead atoms. The first-order valence-electron chi connectivity index (χ1n) is 4.49. The van der Waals surface area contributed by atoms with Gasteiger partial charge in [-0.1, -0.05) is 11.6 Å². The Morgan fingerprint density at radius 2 is 2.20 bits per heavy atom. The maximum absolute atomic E-state index is 13.3. The second-order valence-electron chi connectivity index (χ2n) is 3.30. The molecule has 0 fully saturated rings. The summed E-state index contributed by atoms with van der Waals surface area (Å²) in [6, 6.07) is 1.03. The number of benzene rings is 1. The van der Waals surface area contributed by atoms with Crippen LogP contribution in [0.1, 0.15) is 17.2 Å². The summed E-state index contributed by atoms with van der Waals surface area (Å²) in [4.78, 5) is 0. The van der Waals surface area contributed by atoms with Crippen molar-refractivity contribution in [3.05, 3.63) is 28.0 Å². The standard InChI is InChI=1S/C10H13ClFNO2/c1-5-7(12)3-6(11)10(15)9(5)8(14)4-13-2/h3,8,13-15H,4H2,1-2H3. The third kappa shape index (κ3) is 2.40. The summed E-state index contributed by atoms with van der Waals surface area (Å²) in [7, 11) is 1.65. The van der Waals surface area contributed by atoms with E-state index < -0.39 is 11.9 Å². The molecule has 0 aliphatic heterocycles. The normalized spacial score (nSPS) is 12.9. The molecule has 0 saturated heterocycles. The predicted molar refractivity (Wildman–Crippen MR) is 56.7 cm³/mol. The van der Waals surface area contributed by atoms with Crippen LogP contribution in [0.2, 0.25) is 5.02 Å². The Hall–Kier alpha value is -0.840. The highest BCUT2D eigenvalue weighted by Crippen LogP contribution is 2.35. The van der Waals surface area contributed by atoms with Gasteiger partial charge in [-0.3, -0.25) is 0 Å². The average Bonchev–Trinajstić information content (AvgIpc) is 2.16. The zero-order valence-electron chi connectivity index (χ0n) is 8.51. The molecular weight excluding hydrogens is 221 g/mol. The zero-order chi connectivity index (χ0) is 11.6. The molecular formula is C10H13ClFNO2. The van der Waals surface area contributed by atoms with Crippen LogP contribution < -0.4 is 5.32 Å². The van der Waals surface area contributed by atoms with E-state index in [9.17, 15) is 14.6 Å². The van der Waals surface area contributed by atoms with Crippen molar-refractivity contribution in [2.45, 2.75) is 13.0 Å². The first-order chi connectivity index (χ1) is 6.99. The number of halogens is 2. The minimum absolute atomic E-state index is 0.0942. The van der Waals surface area contributed by atoms with Gasteiger partial charge in [0, 0.05) is 12.1 Å². The number of aliphatic hydroxyl groups is 1. The Kier molecular flexibility index (Phi) is 3.90. The molecule has 0 amide bonds. The van der Waals surface area contributed by atoms with Crippen molar-refractivity contribution in [1.29, 1.82) is 0 Å². The molecule has 5 heteroatoms. The van der Waals surface area contributed by atoms with E-state index in [1.807, 2.05) is 0 Å². The highest BCUT2D eigenvalue weighted by atomic mass is 35.5. The maximum atomic E-state index is 13.3. The molecule has 0 heterocycles. The number of likely N-dealkylation sites (N-methyl/N-ethyl adjacent to an activating group) is 1. The van der Waals surface area contributed by atoms with Crippen LogP contribution in [0, 0.1) is 12.7 Å². The minimum atomic E-state index is -0.983. The summed E-state index contributed by atoms with van der Waals surface area (Å²) in [6.07, 6.45) is -0.983. The molecule has 3 N–H and O–H groups in total. The molecule has 1 aromatic carbocycles. The Morgan fingerprint density at radius 3 is 2.73 bits per heavy atom. The van der Waals surface area contributed by atoms with Crippen LogP contribution >= 0.6 is 11.6 Å². The molecule has 1 aromatic rings. The summed E-state index contributed by atoms with van der Waals surface area (Å²) < 4.78 is 13.3. The fourth-order valence-corrected chi connectivity index (χ4v) is 1.62. The third-order valence-corrected chi connectivity index (χ3v) is 2.52. The summed E-state index contributed by atoms with van der Waals surface area (Å²) >= 11 is 5.61. The third-order valence-electron chi connectivity index (χ3n) is 2.23. The number of nitrogens with one attached hydrogen (secondary N) is 1. The predicted octanol–water partition coefficient (Wildman–Crippen LogP) is 1.75. The number of hydrogen-bond acceptors (Lipinski definition) is 3. The highest BCUT2D eigenvalue weighted by Gasteiger charge is 2.19. The number of phenolic OH excluding ortho intramolecular Hbond substituents is 1. The van der Waals surface area contributed by atoms with Crippen LogP contribution in [0.3, 0.4) is 0 Å². The van der Waals surface area contributed by atoms with Crippen molar-refractivity contribution in [2.75, 3.05) is 13.6 Å². The van der Waals surface area contributed by atoms with Crippen molar-refractivity contribution in [1.82, 2.24) is 5.32 Å². The number of rotatable bonds is 3. The van der Waals surface area contributed by atoms with Crippen molar-refractivity contribution in [3.8, 4) is 5.75 Å². The van der Waals surface area contributed by atoms with Gasteiger partial charge in [0.25, 0.3) is 0 Å². The Balaban J connectivity index is 3.26. The SMILES string of the molecule is CNCC(O)c1c(C)c(F)cc(Cl)c1O. The van der Waals surface area contributed by atoms with Gasteiger partial charge < -0.3 is 15.5 Å². The topological polar surface area (TPSA) is 52.5 Å². The molecule has 0 aliphatic carbocycles. The van der Waals surface area contributed by atoms with Crippen LogP contribution in [0.15, 0.2) is 6.07 Å². The molecule has 1 rings (SSSR count). The summed E-state index contributed by atoms with van der Waals surface area (Å²) in [5.41, 5.74) is 0.342. The van der Waals surface area contributed by atoms with Gasteiger partial charge in [-0.2, -0.15) is 0 Å². The van der Waals surface area contributed by atoms with Crippen molar-refractivity contribution in [3.63, 3.8) is 0 Å². The second kappa shape index (κ2) is 4.79. The molecule has 0 aromatic heterocycles. The van der Waals surface area contributed by atoms with Gasteiger partial charge in [0.15, 0.2) is 0 Å². The minimum Gasteiger partial charge on any atom is -0.506 e. The molecule has 15 heavy (non-hydrogen) atoms. The van der Waals surface area contributed by atoms with E-state index in [0.29, 0.717) is 0 Å². The van der Waals surface area contributed by atoms with Crippen LogP contribution in [0.4, 0.5) is 4.39 Å². The summed E-state index contributed by atoms with van der Waals surface area (Å²) in [6.45, 7) is 1.70. The molecule has 0 saturated carbocycles. The van der Waals surface area contributed by atoms with E-state index in [2.05, 4.69) is 5.32 Å².